The highest BCUT2D eigenvalue weighted by molar-refractivity contribution is 6.36. The number of ether oxygens (including phenoxy) is 1. The standard InChI is InChI=1S/C19H15Cl2FN2O2/c1-2-7-26-18-12(9-14(20)10-17(18)21)8-13(11-23)19(25)24-16-5-3-15(22)4-6-16/h3-6,8-10H,2,7H2,1H3,(H,24,25)/b13-8+. The highest BCUT2D eigenvalue weighted by Crippen LogP contribution is 2.34. The minimum atomic E-state index is -0.642. The fourth-order valence-corrected chi connectivity index (χ4v) is 2.64. The van der Waals surface area contributed by atoms with E-state index in [1.165, 1.54) is 36.4 Å². The Morgan fingerprint density at radius 2 is 2.00 bits per heavy atom. The number of amides is 1. The van der Waals surface area contributed by atoms with Crippen molar-refractivity contribution in [2.75, 3.05) is 11.9 Å². The summed E-state index contributed by atoms with van der Waals surface area (Å²) in [5.74, 6) is -0.720. The van der Waals surface area contributed by atoms with Gasteiger partial charge in [0.2, 0.25) is 0 Å². The molecule has 0 heterocycles. The van der Waals surface area contributed by atoms with Crippen molar-refractivity contribution in [3.8, 4) is 11.8 Å². The molecule has 0 saturated carbocycles. The SMILES string of the molecule is CCCOc1c(Cl)cc(Cl)cc1/C=C(\C#N)C(=O)Nc1ccc(F)cc1. The maximum Gasteiger partial charge on any atom is 0.266 e. The highest BCUT2D eigenvalue weighted by atomic mass is 35.5. The molecule has 2 aromatic rings. The Kier molecular flexibility index (Phi) is 7.02. The molecule has 0 radical (unpaired) electrons. The topological polar surface area (TPSA) is 62.1 Å². The maximum atomic E-state index is 12.9. The molecule has 2 rings (SSSR count). The van der Waals surface area contributed by atoms with Crippen molar-refractivity contribution in [3.05, 3.63) is 63.4 Å². The molecule has 4 nitrogen and oxygen atoms in total. The fourth-order valence-electron chi connectivity index (χ4n) is 2.08. The number of rotatable bonds is 6. The summed E-state index contributed by atoms with van der Waals surface area (Å²) in [4.78, 5) is 12.3. The Hall–Kier alpha value is -2.55. The molecule has 0 spiro atoms. The lowest BCUT2D eigenvalue weighted by Gasteiger charge is -2.11. The fraction of sp³-hybridized carbons (Fsp3) is 0.158. The van der Waals surface area contributed by atoms with Gasteiger partial charge in [-0.3, -0.25) is 4.79 Å². The van der Waals surface area contributed by atoms with Crippen LogP contribution in [0.1, 0.15) is 18.9 Å². The van der Waals surface area contributed by atoms with Crippen LogP contribution in [0, 0.1) is 17.1 Å². The third-order valence-electron chi connectivity index (χ3n) is 3.25. The first kappa shape index (κ1) is 19.8. The van der Waals surface area contributed by atoms with E-state index in [4.69, 9.17) is 27.9 Å². The van der Waals surface area contributed by atoms with Gasteiger partial charge in [0.05, 0.1) is 11.6 Å². The van der Waals surface area contributed by atoms with Gasteiger partial charge in [-0.25, -0.2) is 4.39 Å². The summed E-state index contributed by atoms with van der Waals surface area (Å²) in [7, 11) is 0. The van der Waals surface area contributed by atoms with E-state index in [1.54, 1.807) is 6.07 Å². The average Bonchev–Trinajstić information content (AvgIpc) is 2.60. The average molecular weight is 393 g/mol. The monoisotopic (exact) mass is 392 g/mol. The highest BCUT2D eigenvalue weighted by Gasteiger charge is 2.14. The summed E-state index contributed by atoms with van der Waals surface area (Å²) in [6, 6.07) is 10.1. The molecule has 26 heavy (non-hydrogen) atoms. The van der Waals surface area contributed by atoms with Gasteiger partial charge in [-0.1, -0.05) is 30.1 Å². The molecule has 1 N–H and O–H groups in total. The molecule has 0 saturated heterocycles. The number of nitrogens with one attached hydrogen (secondary N) is 1. The predicted octanol–water partition coefficient (Wildman–Crippen LogP) is 5.47. The van der Waals surface area contributed by atoms with Crippen LogP contribution in [0.4, 0.5) is 10.1 Å². The van der Waals surface area contributed by atoms with Gasteiger partial charge in [-0.2, -0.15) is 5.26 Å². The maximum absolute atomic E-state index is 12.9. The van der Waals surface area contributed by atoms with E-state index in [-0.39, 0.29) is 10.6 Å². The van der Waals surface area contributed by atoms with Crippen LogP contribution in [-0.2, 0) is 4.79 Å². The lowest BCUT2D eigenvalue weighted by molar-refractivity contribution is -0.112. The van der Waals surface area contributed by atoms with Gasteiger partial charge in [-0.15, -0.1) is 0 Å². The largest absolute Gasteiger partial charge is 0.491 e. The van der Waals surface area contributed by atoms with E-state index in [0.29, 0.717) is 28.6 Å². The van der Waals surface area contributed by atoms with Gasteiger partial charge in [0.25, 0.3) is 5.91 Å². The lowest BCUT2D eigenvalue weighted by Crippen LogP contribution is -2.13. The van der Waals surface area contributed by atoms with Crippen LogP contribution >= 0.6 is 23.2 Å². The normalized spacial score (nSPS) is 11.0. The van der Waals surface area contributed by atoms with E-state index in [9.17, 15) is 14.4 Å². The zero-order valence-corrected chi connectivity index (χ0v) is 15.4. The summed E-state index contributed by atoms with van der Waals surface area (Å²) in [6.45, 7) is 2.36. The lowest BCUT2D eigenvalue weighted by atomic mass is 10.1. The predicted molar refractivity (Wildman–Crippen MR) is 101 cm³/mol. The molecule has 0 aromatic heterocycles. The Morgan fingerprint density at radius 1 is 1.31 bits per heavy atom. The Labute approximate surface area is 160 Å². The van der Waals surface area contributed by atoms with Crippen molar-refractivity contribution < 1.29 is 13.9 Å². The molecule has 0 aliphatic heterocycles. The van der Waals surface area contributed by atoms with Gasteiger partial charge < -0.3 is 10.1 Å². The quantitative estimate of drug-likeness (QED) is 0.523. The van der Waals surface area contributed by atoms with E-state index < -0.39 is 11.7 Å². The smallest absolute Gasteiger partial charge is 0.266 e. The van der Waals surface area contributed by atoms with E-state index in [0.717, 1.165) is 6.42 Å². The molecule has 7 heteroatoms. The second-order valence-electron chi connectivity index (χ2n) is 5.29. The van der Waals surface area contributed by atoms with E-state index >= 15 is 0 Å². The number of carbonyl (C=O) groups excluding carboxylic acids is 1. The molecular weight excluding hydrogens is 378 g/mol. The molecule has 0 bridgehead atoms. The third-order valence-corrected chi connectivity index (χ3v) is 3.75. The van der Waals surface area contributed by atoms with Crippen LogP contribution in [-0.4, -0.2) is 12.5 Å². The first-order valence-electron chi connectivity index (χ1n) is 7.75. The van der Waals surface area contributed by atoms with Crippen molar-refractivity contribution in [2.24, 2.45) is 0 Å². The second kappa shape index (κ2) is 9.23. The van der Waals surface area contributed by atoms with Crippen LogP contribution in [0.2, 0.25) is 10.0 Å². The Bertz CT molecular complexity index is 874. The summed E-state index contributed by atoms with van der Waals surface area (Å²) >= 11 is 12.2. The zero-order valence-electron chi connectivity index (χ0n) is 13.9. The first-order valence-corrected chi connectivity index (χ1v) is 8.50. The molecule has 0 aliphatic carbocycles. The van der Waals surface area contributed by atoms with E-state index in [1.807, 2.05) is 13.0 Å². The van der Waals surface area contributed by atoms with E-state index in [2.05, 4.69) is 5.32 Å². The van der Waals surface area contributed by atoms with Crippen molar-refractivity contribution in [1.29, 1.82) is 5.26 Å². The molecular formula is C19H15Cl2FN2O2. The van der Waals surface area contributed by atoms with Crippen molar-refractivity contribution in [2.45, 2.75) is 13.3 Å². The van der Waals surface area contributed by atoms with Crippen LogP contribution in [0.5, 0.6) is 5.75 Å². The van der Waals surface area contributed by atoms with Crippen molar-refractivity contribution in [1.82, 2.24) is 0 Å². The number of halogens is 3. The second-order valence-corrected chi connectivity index (χ2v) is 6.13. The van der Waals surface area contributed by atoms with Gasteiger partial charge in [0, 0.05) is 16.3 Å². The zero-order chi connectivity index (χ0) is 19.1. The molecule has 1 amide bonds. The summed E-state index contributed by atoms with van der Waals surface area (Å²) in [5, 5.41) is 12.5. The minimum absolute atomic E-state index is 0.172. The molecule has 0 fully saturated rings. The number of nitrogens with zero attached hydrogens (tertiary/aromatic N) is 1. The van der Waals surface area contributed by atoms with Crippen molar-refractivity contribution in [3.63, 3.8) is 0 Å². The number of anilines is 1. The minimum Gasteiger partial charge on any atom is -0.491 e. The van der Waals surface area contributed by atoms with Crippen LogP contribution in [0.15, 0.2) is 42.0 Å². The summed E-state index contributed by atoms with van der Waals surface area (Å²) in [6.07, 6.45) is 2.11. The summed E-state index contributed by atoms with van der Waals surface area (Å²) < 4.78 is 18.6. The van der Waals surface area contributed by atoms with Gasteiger partial charge >= 0.3 is 0 Å². The van der Waals surface area contributed by atoms with Gasteiger partial charge in [-0.05, 0) is 48.9 Å². The third kappa shape index (κ3) is 5.22. The molecule has 134 valence electrons. The Morgan fingerprint density at radius 3 is 2.62 bits per heavy atom. The number of hydrogen-bond acceptors (Lipinski definition) is 3. The Balaban J connectivity index is 2.34. The van der Waals surface area contributed by atoms with Gasteiger partial charge in [0.1, 0.15) is 23.2 Å². The van der Waals surface area contributed by atoms with Crippen LogP contribution < -0.4 is 10.1 Å². The first-order chi connectivity index (χ1) is 12.4. The molecule has 0 aliphatic rings. The number of benzene rings is 2. The van der Waals surface area contributed by atoms with Gasteiger partial charge in [0.15, 0.2) is 0 Å². The molecule has 2 aromatic carbocycles. The number of carbonyl (C=O) groups is 1. The number of hydrogen-bond donors (Lipinski definition) is 1. The summed E-state index contributed by atoms with van der Waals surface area (Å²) in [5.41, 5.74) is 0.611. The molecule has 0 atom stereocenters. The number of nitriles is 1. The van der Waals surface area contributed by atoms with Crippen LogP contribution in [0.25, 0.3) is 6.08 Å². The van der Waals surface area contributed by atoms with Crippen molar-refractivity contribution >= 4 is 40.9 Å². The molecule has 0 unspecified atom stereocenters. The van der Waals surface area contributed by atoms with Crippen LogP contribution in [0.3, 0.4) is 0 Å².